The van der Waals surface area contributed by atoms with Gasteiger partial charge in [-0.25, -0.2) is 14.4 Å². The van der Waals surface area contributed by atoms with Gasteiger partial charge in [0.1, 0.15) is 16.2 Å². The number of benzene rings is 1. The molecule has 1 aromatic carbocycles. The lowest BCUT2D eigenvalue weighted by atomic mass is 10.3. The van der Waals surface area contributed by atoms with E-state index >= 15 is 0 Å². The number of fused-ring (bicyclic) bond motifs is 2. The predicted octanol–water partition coefficient (Wildman–Crippen LogP) is 2.27. The smallest absolute Gasteiger partial charge is 0.245 e. The van der Waals surface area contributed by atoms with E-state index in [1.165, 1.54) is 12.1 Å². The molecule has 9 nitrogen and oxygen atoms in total. The van der Waals surface area contributed by atoms with Crippen LogP contribution in [0, 0.1) is 5.82 Å². The Morgan fingerprint density at radius 3 is 2.86 bits per heavy atom. The summed E-state index contributed by atoms with van der Waals surface area (Å²) in [6, 6.07) is 4.50. The van der Waals surface area contributed by atoms with Crippen LogP contribution in [-0.4, -0.2) is 67.7 Å². The Morgan fingerprint density at radius 1 is 1.21 bits per heavy atom. The number of piperazine rings is 1. The van der Waals surface area contributed by atoms with E-state index in [1.54, 1.807) is 16.8 Å². The molecule has 1 aliphatic rings. The lowest BCUT2D eigenvalue weighted by Gasteiger charge is -2.32. The average molecular weight is 460 g/mol. The van der Waals surface area contributed by atoms with E-state index < -0.39 is 0 Å². The van der Waals surface area contributed by atoms with Gasteiger partial charge < -0.3 is 20.1 Å². The Balaban J connectivity index is 1.44. The van der Waals surface area contributed by atoms with Gasteiger partial charge in [-0.1, -0.05) is 0 Å². The number of anilines is 2. The molecule has 0 aliphatic carbocycles. The first-order valence-electron chi connectivity index (χ1n) is 9.29. The summed E-state index contributed by atoms with van der Waals surface area (Å²) < 4.78 is 15.9. The van der Waals surface area contributed by atoms with Crippen LogP contribution < -0.4 is 10.2 Å². The topological polar surface area (TPSA) is 90.3 Å². The average Bonchev–Trinajstić information content (AvgIpc) is 3.29. The molecule has 5 rings (SSSR count). The minimum absolute atomic E-state index is 0.294. The second-order valence-corrected chi connectivity index (χ2v) is 7.88. The first-order valence-corrected chi connectivity index (χ1v) is 10.1. The number of hydrogen-bond acceptors (Lipinski definition) is 7. The Kier molecular flexibility index (Phi) is 4.55. The molecule has 1 aliphatic heterocycles. The molecule has 0 saturated carbocycles. The molecular weight excluding hydrogens is 441 g/mol. The van der Waals surface area contributed by atoms with E-state index in [-0.39, 0.29) is 5.82 Å². The Hall–Kier alpha value is -2.79. The molecular formula is C18H19BrFN9. The highest BCUT2D eigenvalue weighted by molar-refractivity contribution is 9.10. The summed E-state index contributed by atoms with van der Waals surface area (Å²) in [6.07, 6.45) is 1.70. The Morgan fingerprint density at radius 2 is 2.03 bits per heavy atom. The van der Waals surface area contributed by atoms with Gasteiger partial charge in [0, 0.05) is 26.2 Å². The summed E-state index contributed by atoms with van der Waals surface area (Å²) in [6.45, 7) is 4.05. The summed E-state index contributed by atoms with van der Waals surface area (Å²) in [5.74, 6) is 1.66. The predicted molar refractivity (Wildman–Crippen MR) is 112 cm³/mol. The fraction of sp³-hybridized carbons (Fsp3) is 0.333. The van der Waals surface area contributed by atoms with Crippen molar-refractivity contribution in [3.05, 3.63) is 40.6 Å². The summed E-state index contributed by atoms with van der Waals surface area (Å²) >= 11 is 3.50. The second kappa shape index (κ2) is 7.23. The van der Waals surface area contributed by atoms with Crippen molar-refractivity contribution in [2.24, 2.45) is 0 Å². The number of aromatic nitrogens is 6. The lowest BCUT2D eigenvalue weighted by Crippen LogP contribution is -2.45. The van der Waals surface area contributed by atoms with E-state index in [2.05, 4.69) is 58.1 Å². The van der Waals surface area contributed by atoms with Crippen molar-refractivity contribution < 1.29 is 4.39 Å². The number of rotatable bonds is 4. The van der Waals surface area contributed by atoms with Gasteiger partial charge in [0.25, 0.3) is 0 Å². The first-order chi connectivity index (χ1) is 14.1. The molecule has 11 heteroatoms. The minimum Gasteiger partial charge on any atom is -0.360 e. The molecule has 4 aromatic rings. The molecule has 1 fully saturated rings. The number of likely N-dealkylation sites (N-methyl/N-ethyl adjacent to an activating group) is 1. The van der Waals surface area contributed by atoms with E-state index in [0.29, 0.717) is 35.3 Å². The molecule has 0 spiro atoms. The number of halogens is 2. The van der Waals surface area contributed by atoms with Crippen LogP contribution in [0.25, 0.3) is 16.7 Å². The second-order valence-electron chi connectivity index (χ2n) is 7.07. The van der Waals surface area contributed by atoms with E-state index in [0.717, 1.165) is 36.3 Å². The molecule has 0 atom stereocenters. The van der Waals surface area contributed by atoms with Crippen LogP contribution in [0.5, 0.6) is 0 Å². The molecule has 0 bridgehead atoms. The summed E-state index contributed by atoms with van der Waals surface area (Å²) in [5.41, 5.74) is 2.01. The van der Waals surface area contributed by atoms with Crippen LogP contribution in [0.3, 0.4) is 0 Å². The van der Waals surface area contributed by atoms with Gasteiger partial charge in [0.05, 0.1) is 23.8 Å². The van der Waals surface area contributed by atoms with Crippen molar-refractivity contribution in [3.63, 3.8) is 0 Å². The number of imidazole rings is 2. The normalized spacial score (nSPS) is 15.5. The van der Waals surface area contributed by atoms with Crippen LogP contribution in [-0.2, 0) is 6.54 Å². The third kappa shape index (κ3) is 3.51. The molecule has 4 heterocycles. The van der Waals surface area contributed by atoms with E-state index in [1.807, 2.05) is 0 Å². The van der Waals surface area contributed by atoms with Crippen molar-refractivity contribution in [2.75, 3.05) is 43.4 Å². The van der Waals surface area contributed by atoms with Gasteiger partial charge in [-0.05, 0) is 41.2 Å². The SMILES string of the molecule is CN1CCN(c2nc(NCc3nc4ccc(F)cc4[nH]3)c3ncc(Br)n3n2)CC1. The number of aromatic amines is 1. The third-order valence-electron chi connectivity index (χ3n) is 5.01. The molecule has 0 unspecified atom stereocenters. The maximum absolute atomic E-state index is 13.4. The fourth-order valence-electron chi connectivity index (χ4n) is 3.39. The summed E-state index contributed by atoms with van der Waals surface area (Å²) in [7, 11) is 2.11. The van der Waals surface area contributed by atoms with Crippen molar-refractivity contribution in [2.45, 2.75) is 6.54 Å². The van der Waals surface area contributed by atoms with Crippen LogP contribution in [0.15, 0.2) is 29.0 Å². The van der Waals surface area contributed by atoms with Crippen LogP contribution in [0.1, 0.15) is 5.82 Å². The molecule has 0 radical (unpaired) electrons. The van der Waals surface area contributed by atoms with Crippen molar-refractivity contribution in [3.8, 4) is 0 Å². The zero-order valence-electron chi connectivity index (χ0n) is 15.7. The van der Waals surface area contributed by atoms with Gasteiger partial charge in [0.15, 0.2) is 11.5 Å². The number of nitrogens with zero attached hydrogens (tertiary/aromatic N) is 7. The van der Waals surface area contributed by atoms with Crippen LogP contribution in [0.4, 0.5) is 16.2 Å². The largest absolute Gasteiger partial charge is 0.360 e. The zero-order chi connectivity index (χ0) is 20.0. The Labute approximate surface area is 174 Å². The lowest BCUT2D eigenvalue weighted by molar-refractivity contribution is 0.310. The Bertz CT molecular complexity index is 1180. The van der Waals surface area contributed by atoms with Gasteiger partial charge in [-0.15, -0.1) is 5.10 Å². The molecule has 0 amide bonds. The molecule has 1 saturated heterocycles. The first kappa shape index (κ1) is 18.3. The van der Waals surface area contributed by atoms with Gasteiger partial charge in [-0.2, -0.15) is 9.50 Å². The zero-order valence-corrected chi connectivity index (χ0v) is 17.3. The number of H-pyrrole nitrogens is 1. The van der Waals surface area contributed by atoms with Gasteiger partial charge in [0.2, 0.25) is 5.95 Å². The highest BCUT2D eigenvalue weighted by atomic mass is 79.9. The van der Waals surface area contributed by atoms with Crippen molar-refractivity contribution in [1.82, 2.24) is 34.4 Å². The number of nitrogens with one attached hydrogen (secondary N) is 2. The van der Waals surface area contributed by atoms with Crippen molar-refractivity contribution in [1.29, 1.82) is 0 Å². The van der Waals surface area contributed by atoms with E-state index in [9.17, 15) is 4.39 Å². The monoisotopic (exact) mass is 459 g/mol. The van der Waals surface area contributed by atoms with Crippen molar-refractivity contribution >= 4 is 44.4 Å². The van der Waals surface area contributed by atoms with Crippen LogP contribution >= 0.6 is 15.9 Å². The molecule has 150 valence electrons. The highest BCUT2D eigenvalue weighted by Gasteiger charge is 2.20. The minimum atomic E-state index is -0.294. The molecule has 2 N–H and O–H groups in total. The van der Waals surface area contributed by atoms with E-state index in [4.69, 9.17) is 4.98 Å². The molecule has 29 heavy (non-hydrogen) atoms. The maximum Gasteiger partial charge on any atom is 0.245 e. The quantitative estimate of drug-likeness (QED) is 0.483. The summed E-state index contributed by atoms with van der Waals surface area (Å²) in [4.78, 5) is 21.2. The highest BCUT2D eigenvalue weighted by Crippen LogP contribution is 2.22. The van der Waals surface area contributed by atoms with Gasteiger partial charge in [-0.3, -0.25) is 0 Å². The fourth-order valence-corrected chi connectivity index (χ4v) is 3.74. The summed E-state index contributed by atoms with van der Waals surface area (Å²) in [5, 5.41) is 7.94. The molecule has 3 aromatic heterocycles. The van der Waals surface area contributed by atoms with Crippen LogP contribution in [0.2, 0.25) is 0 Å². The number of hydrogen-bond donors (Lipinski definition) is 2. The third-order valence-corrected chi connectivity index (χ3v) is 5.55. The standard InChI is InChI=1S/C18H19BrFN9/c1-27-4-6-28(7-5-27)18-25-16(17-22-9-14(19)29(17)26-18)21-10-15-23-12-3-2-11(20)8-13(12)24-15/h2-3,8-9H,4-7,10H2,1H3,(H,23,24)(H,21,25,26). The maximum atomic E-state index is 13.4. The van der Waals surface area contributed by atoms with Gasteiger partial charge >= 0.3 is 0 Å².